The highest BCUT2D eigenvalue weighted by Crippen LogP contribution is 2.19. The van der Waals surface area contributed by atoms with Crippen LogP contribution in [0.25, 0.3) is 0 Å². The molecule has 0 atom stereocenters. The molecule has 1 heterocycles. The normalized spacial score (nSPS) is 10.2. The first-order chi connectivity index (χ1) is 8.61. The third-order valence-corrected chi connectivity index (χ3v) is 2.51. The third kappa shape index (κ3) is 2.20. The van der Waals surface area contributed by atoms with Gasteiger partial charge >= 0.3 is 0 Å². The van der Waals surface area contributed by atoms with Crippen LogP contribution in [0.4, 0.5) is 14.5 Å². The van der Waals surface area contributed by atoms with Gasteiger partial charge in [-0.3, -0.25) is 4.79 Å². The summed E-state index contributed by atoms with van der Waals surface area (Å²) in [6.45, 7) is 0. The Labute approximate surface area is 103 Å². The Balaban J connectivity index is 2.36. The van der Waals surface area contributed by atoms with Crippen molar-refractivity contribution in [3.05, 3.63) is 59.9 Å². The van der Waals surface area contributed by atoms with Crippen molar-refractivity contribution in [2.75, 3.05) is 11.9 Å². The number of rotatable bonds is 2. The molecule has 18 heavy (non-hydrogen) atoms. The molecule has 1 amide bonds. The Kier molecular flexibility index (Phi) is 3.32. The average Bonchev–Trinajstić information content (AvgIpc) is 2.38. The average molecular weight is 248 g/mol. The quantitative estimate of drug-likeness (QED) is 0.765. The fourth-order valence-electron chi connectivity index (χ4n) is 1.56. The highest BCUT2D eigenvalue weighted by atomic mass is 19.1. The Bertz CT molecular complexity index is 587. The zero-order valence-electron chi connectivity index (χ0n) is 9.60. The second-order valence-electron chi connectivity index (χ2n) is 3.66. The maximum absolute atomic E-state index is 13.5. The summed E-state index contributed by atoms with van der Waals surface area (Å²) in [5.41, 5.74) is -0.103. The molecule has 0 spiro atoms. The smallest absolute Gasteiger partial charge is 0.262 e. The van der Waals surface area contributed by atoms with Crippen LogP contribution < -0.4 is 4.90 Å². The fourth-order valence-corrected chi connectivity index (χ4v) is 1.56. The summed E-state index contributed by atoms with van der Waals surface area (Å²) in [6.07, 6.45) is 1.25. The Hall–Kier alpha value is -2.30. The molecule has 0 saturated heterocycles. The SMILES string of the molecule is CN(C(=O)c1cccnc1F)c1ccccc1F. The van der Waals surface area contributed by atoms with Crippen LogP contribution in [0.2, 0.25) is 0 Å². The van der Waals surface area contributed by atoms with E-state index in [2.05, 4.69) is 4.98 Å². The number of amides is 1. The number of benzene rings is 1. The second-order valence-corrected chi connectivity index (χ2v) is 3.66. The lowest BCUT2D eigenvalue weighted by Gasteiger charge is -2.17. The maximum Gasteiger partial charge on any atom is 0.262 e. The van der Waals surface area contributed by atoms with E-state index < -0.39 is 17.7 Å². The van der Waals surface area contributed by atoms with Gasteiger partial charge in [-0.15, -0.1) is 0 Å². The fraction of sp³-hybridized carbons (Fsp3) is 0.0769. The first-order valence-electron chi connectivity index (χ1n) is 5.24. The Morgan fingerprint density at radius 1 is 1.17 bits per heavy atom. The van der Waals surface area contributed by atoms with Gasteiger partial charge in [-0.2, -0.15) is 4.39 Å². The van der Waals surface area contributed by atoms with E-state index >= 15 is 0 Å². The van der Waals surface area contributed by atoms with Crippen molar-refractivity contribution in [3.63, 3.8) is 0 Å². The molecule has 0 aliphatic carbocycles. The number of para-hydroxylation sites is 1. The highest BCUT2D eigenvalue weighted by Gasteiger charge is 2.19. The van der Waals surface area contributed by atoms with Crippen molar-refractivity contribution in [2.24, 2.45) is 0 Å². The lowest BCUT2D eigenvalue weighted by Crippen LogP contribution is -2.28. The van der Waals surface area contributed by atoms with Gasteiger partial charge in [-0.25, -0.2) is 9.37 Å². The van der Waals surface area contributed by atoms with Crippen molar-refractivity contribution in [1.29, 1.82) is 0 Å². The van der Waals surface area contributed by atoms with E-state index in [1.165, 1.54) is 43.6 Å². The predicted molar refractivity (Wildman–Crippen MR) is 63.3 cm³/mol. The Morgan fingerprint density at radius 2 is 1.89 bits per heavy atom. The summed E-state index contributed by atoms with van der Waals surface area (Å²) in [4.78, 5) is 16.4. The van der Waals surface area contributed by atoms with Gasteiger partial charge in [0.25, 0.3) is 5.91 Å². The van der Waals surface area contributed by atoms with Gasteiger partial charge in [0.1, 0.15) is 5.82 Å². The van der Waals surface area contributed by atoms with Crippen molar-refractivity contribution in [3.8, 4) is 0 Å². The summed E-state index contributed by atoms with van der Waals surface area (Å²) in [5.74, 6) is -2.06. The minimum absolute atomic E-state index is 0.0887. The molecule has 0 fully saturated rings. The summed E-state index contributed by atoms with van der Waals surface area (Å²) < 4.78 is 26.9. The number of halogens is 2. The molecular formula is C13H10F2N2O. The molecule has 0 aliphatic heterocycles. The molecular weight excluding hydrogens is 238 g/mol. The number of hydrogen-bond donors (Lipinski definition) is 0. The number of nitrogens with zero attached hydrogens (tertiary/aromatic N) is 2. The molecule has 0 N–H and O–H groups in total. The number of carbonyl (C=O) groups excluding carboxylic acids is 1. The maximum atomic E-state index is 13.5. The van der Waals surface area contributed by atoms with Crippen molar-refractivity contribution in [1.82, 2.24) is 4.98 Å². The van der Waals surface area contributed by atoms with Gasteiger partial charge in [0.15, 0.2) is 0 Å². The first-order valence-corrected chi connectivity index (χ1v) is 5.24. The van der Waals surface area contributed by atoms with E-state index in [-0.39, 0.29) is 11.3 Å². The van der Waals surface area contributed by atoms with Crippen molar-refractivity contribution < 1.29 is 13.6 Å². The summed E-state index contributed by atoms with van der Waals surface area (Å²) in [7, 11) is 1.38. The van der Waals surface area contributed by atoms with Crippen LogP contribution >= 0.6 is 0 Å². The van der Waals surface area contributed by atoms with E-state index in [0.29, 0.717) is 0 Å². The molecule has 0 radical (unpaired) electrons. The van der Waals surface area contributed by atoms with Crippen LogP contribution in [-0.4, -0.2) is 17.9 Å². The molecule has 92 valence electrons. The van der Waals surface area contributed by atoms with Gasteiger partial charge in [-0.05, 0) is 24.3 Å². The van der Waals surface area contributed by atoms with Crippen LogP contribution in [0.3, 0.4) is 0 Å². The van der Waals surface area contributed by atoms with Gasteiger partial charge in [0, 0.05) is 13.2 Å². The summed E-state index contributed by atoms with van der Waals surface area (Å²) >= 11 is 0. The predicted octanol–water partition coefficient (Wildman–Crippen LogP) is 2.64. The van der Waals surface area contributed by atoms with E-state index in [4.69, 9.17) is 0 Å². The number of carbonyl (C=O) groups is 1. The van der Waals surface area contributed by atoms with Gasteiger partial charge in [-0.1, -0.05) is 12.1 Å². The van der Waals surface area contributed by atoms with Gasteiger partial charge in [0.05, 0.1) is 11.3 Å². The second kappa shape index (κ2) is 4.91. The van der Waals surface area contributed by atoms with E-state index in [1.54, 1.807) is 6.07 Å². The minimum Gasteiger partial charge on any atom is -0.309 e. The molecule has 3 nitrogen and oxygen atoms in total. The molecule has 2 aromatic rings. The zero-order chi connectivity index (χ0) is 13.1. The highest BCUT2D eigenvalue weighted by molar-refractivity contribution is 6.05. The zero-order valence-corrected chi connectivity index (χ0v) is 9.60. The van der Waals surface area contributed by atoms with Crippen LogP contribution in [-0.2, 0) is 0 Å². The molecule has 0 aliphatic rings. The summed E-state index contributed by atoms with van der Waals surface area (Å²) in [6, 6.07) is 8.55. The van der Waals surface area contributed by atoms with Gasteiger partial charge in [0.2, 0.25) is 5.95 Å². The first kappa shape index (κ1) is 12.2. The molecule has 1 aromatic carbocycles. The van der Waals surface area contributed by atoms with E-state index in [0.717, 1.165) is 4.90 Å². The molecule has 0 saturated carbocycles. The molecule has 0 unspecified atom stereocenters. The van der Waals surface area contributed by atoms with Crippen LogP contribution in [0.1, 0.15) is 10.4 Å². The minimum atomic E-state index is -0.870. The molecule has 0 bridgehead atoms. The van der Waals surface area contributed by atoms with Crippen LogP contribution in [0.15, 0.2) is 42.6 Å². The molecule has 1 aromatic heterocycles. The third-order valence-electron chi connectivity index (χ3n) is 2.51. The van der Waals surface area contributed by atoms with Crippen LogP contribution in [0.5, 0.6) is 0 Å². The molecule has 5 heteroatoms. The van der Waals surface area contributed by atoms with Crippen molar-refractivity contribution >= 4 is 11.6 Å². The summed E-state index contributed by atoms with van der Waals surface area (Å²) in [5, 5.41) is 0. The number of aromatic nitrogens is 1. The number of hydrogen-bond acceptors (Lipinski definition) is 2. The van der Waals surface area contributed by atoms with Gasteiger partial charge < -0.3 is 4.90 Å². The van der Waals surface area contributed by atoms with E-state index in [1.807, 2.05) is 0 Å². The lowest BCUT2D eigenvalue weighted by molar-refractivity contribution is 0.0987. The van der Waals surface area contributed by atoms with Crippen molar-refractivity contribution in [2.45, 2.75) is 0 Å². The Morgan fingerprint density at radius 3 is 2.56 bits per heavy atom. The lowest BCUT2D eigenvalue weighted by atomic mass is 10.2. The standard InChI is InChI=1S/C13H10F2N2O/c1-17(11-7-3-2-6-10(11)14)13(18)9-5-4-8-16-12(9)15/h2-8H,1H3. The topological polar surface area (TPSA) is 33.2 Å². The largest absolute Gasteiger partial charge is 0.309 e. The van der Waals surface area contributed by atoms with E-state index in [9.17, 15) is 13.6 Å². The molecule has 2 rings (SSSR count). The number of anilines is 1. The monoisotopic (exact) mass is 248 g/mol. The van der Waals surface area contributed by atoms with Crippen LogP contribution in [0, 0.1) is 11.8 Å². The number of pyridine rings is 1.